The van der Waals surface area contributed by atoms with Crippen LogP contribution in [0.25, 0.3) is 0 Å². The minimum absolute atomic E-state index is 0.0468. The Bertz CT molecular complexity index is 281. The molecule has 2 heteroatoms. The molecule has 0 N–H and O–H groups in total. The van der Waals surface area contributed by atoms with Crippen molar-refractivity contribution < 1.29 is 9.53 Å². The zero-order chi connectivity index (χ0) is 9.97. The molecule has 2 nitrogen and oxygen atoms in total. The van der Waals surface area contributed by atoms with Gasteiger partial charge >= 0.3 is 5.97 Å². The van der Waals surface area contributed by atoms with Crippen LogP contribution in [-0.4, -0.2) is 12.6 Å². The Labute approximate surface area is 85.0 Å². The van der Waals surface area contributed by atoms with Gasteiger partial charge in [0.1, 0.15) is 0 Å². The Morgan fingerprint density at radius 2 is 1.93 bits per heavy atom. The minimum atomic E-state index is -0.0468. The van der Waals surface area contributed by atoms with Crippen molar-refractivity contribution >= 4 is 5.97 Å². The maximum atomic E-state index is 11.9. The minimum Gasteiger partial charge on any atom is -0.466 e. The van der Waals surface area contributed by atoms with E-state index >= 15 is 0 Å². The van der Waals surface area contributed by atoms with Gasteiger partial charge in [-0.05, 0) is 49.9 Å². The van der Waals surface area contributed by atoms with Gasteiger partial charge in [-0.3, -0.25) is 4.79 Å². The van der Waals surface area contributed by atoms with Gasteiger partial charge in [-0.1, -0.05) is 6.92 Å². The zero-order valence-corrected chi connectivity index (χ0v) is 9.01. The molecule has 0 spiro atoms. The first-order valence-corrected chi connectivity index (χ1v) is 5.82. The van der Waals surface area contributed by atoms with Crippen molar-refractivity contribution in [1.82, 2.24) is 0 Å². The van der Waals surface area contributed by atoms with Crippen molar-refractivity contribution in [2.24, 2.45) is 22.7 Å². The largest absolute Gasteiger partial charge is 0.466 e. The number of hydrogen-bond acceptors (Lipinski definition) is 2. The summed E-state index contributed by atoms with van der Waals surface area (Å²) in [5.74, 6) is 1.74. The number of carbonyl (C=O) groups excluding carboxylic acids is 1. The normalized spacial score (nSPS) is 53.0. The van der Waals surface area contributed by atoms with E-state index in [0.29, 0.717) is 12.0 Å². The topological polar surface area (TPSA) is 26.3 Å². The van der Waals surface area contributed by atoms with E-state index < -0.39 is 0 Å². The van der Waals surface area contributed by atoms with Crippen LogP contribution in [0.15, 0.2) is 0 Å². The van der Waals surface area contributed by atoms with Gasteiger partial charge < -0.3 is 4.74 Å². The number of ether oxygens (including phenoxy) is 1. The first-order valence-electron chi connectivity index (χ1n) is 5.82. The van der Waals surface area contributed by atoms with E-state index in [2.05, 4.69) is 6.92 Å². The van der Waals surface area contributed by atoms with Crippen molar-refractivity contribution in [3.05, 3.63) is 0 Å². The predicted molar refractivity (Wildman–Crippen MR) is 52.6 cm³/mol. The van der Waals surface area contributed by atoms with Gasteiger partial charge in [-0.15, -0.1) is 0 Å². The fraction of sp³-hybridized carbons (Fsp3) is 0.917. The van der Waals surface area contributed by atoms with Crippen LogP contribution in [0.4, 0.5) is 0 Å². The van der Waals surface area contributed by atoms with Crippen LogP contribution in [-0.2, 0) is 9.53 Å². The molecule has 0 radical (unpaired) electrons. The van der Waals surface area contributed by atoms with Crippen molar-refractivity contribution in [2.75, 3.05) is 6.61 Å². The summed E-state index contributed by atoms with van der Waals surface area (Å²) in [6.07, 6.45) is 4.92. The molecular weight excluding hydrogens is 176 g/mol. The highest BCUT2D eigenvalue weighted by Gasteiger charge is 2.79. The molecule has 0 saturated heterocycles. The Morgan fingerprint density at radius 3 is 2.43 bits per heavy atom. The quantitative estimate of drug-likeness (QED) is 0.631. The lowest BCUT2D eigenvalue weighted by Gasteiger charge is -2.69. The molecule has 3 aliphatic rings. The summed E-state index contributed by atoms with van der Waals surface area (Å²) in [5.41, 5.74) is 0.286. The molecule has 0 aromatic carbocycles. The lowest BCUT2D eigenvalue weighted by molar-refractivity contribution is -0.246. The van der Waals surface area contributed by atoms with Gasteiger partial charge in [0, 0.05) is 0 Å². The molecule has 3 aliphatic carbocycles. The number of hydrogen-bond donors (Lipinski definition) is 0. The summed E-state index contributed by atoms with van der Waals surface area (Å²) in [5, 5.41) is 0. The van der Waals surface area contributed by atoms with Crippen molar-refractivity contribution in [3.63, 3.8) is 0 Å². The highest BCUT2D eigenvalue weighted by Crippen LogP contribution is 2.81. The second-order valence-corrected chi connectivity index (χ2v) is 5.46. The molecule has 0 aliphatic heterocycles. The first kappa shape index (κ1) is 8.75. The van der Waals surface area contributed by atoms with Gasteiger partial charge in [0.15, 0.2) is 0 Å². The molecule has 3 fully saturated rings. The van der Waals surface area contributed by atoms with Crippen LogP contribution < -0.4 is 0 Å². The monoisotopic (exact) mass is 194 g/mol. The van der Waals surface area contributed by atoms with Crippen LogP contribution >= 0.6 is 0 Å². The third kappa shape index (κ3) is 0.636. The molecule has 0 aromatic rings. The Kier molecular flexibility index (Phi) is 1.46. The Hall–Kier alpha value is -0.530. The van der Waals surface area contributed by atoms with E-state index in [1.165, 1.54) is 12.8 Å². The van der Waals surface area contributed by atoms with Gasteiger partial charge in [0.25, 0.3) is 0 Å². The van der Waals surface area contributed by atoms with E-state index in [-0.39, 0.29) is 11.4 Å². The van der Waals surface area contributed by atoms with Crippen LogP contribution in [0.1, 0.15) is 39.5 Å². The lowest BCUT2D eigenvalue weighted by atomic mass is 9.33. The van der Waals surface area contributed by atoms with Gasteiger partial charge in [0.05, 0.1) is 12.0 Å². The molecule has 78 valence electrons. The fourth-order valence-corrected chi connectivity index (χ4v) is 4.50. The van der Waals surface area contributed by atoms with Crippen LogP contribution in [0, 0.1) is 22.7 Å². The average molecular weight is 194 g/mol. The molecule has 0 aromatic heterocycles. The summed E-state index contributed by atoms with van der Waals surface area (Å²) in [4.78, 5) is 11.9. The van der Waals surface area contributed by atoms with E-state index in [4.69, 9.17) is 4.74 Å². The molecule has 0 heterocycles. The van der Waals surface area contributed by atoms with Crippen molar-refractivity contribution in [2.45, 2.75) is 39.5 Å². The first-order chi connectivity index (χ1) is 6.65. The Balaban J connectivity index is 1.85. The van der Waals surface area contributed by atoms with Crippen molar-refractivity contribution in [3.8, 4) is 0 Å². The number of rotatable bonds is 2. The maximum absolute atomic E-state index is 11.9. The second kappa shape index (κ2) is 2.34. The highest BCUT2D eigenvalue weighted by atomic mass is 16.5. The van der Waals surface area contributed by atoms with Crippen molar-refractivity contribution in [1.29, 1.82) is 0 Å². The highest BCUT2D eigenvalue weighted by molar-refractivity contribution is 5.81. The SMILES string of the molecule is CCOC(=O)C12CC3CCC(C1)C32C. The average Bonchev–Trinajstić information content (AvgIpc) is 2.38. The zero-order valence-electron chi connectivity index (χ0n) is 9.01. The fourth-order valence-electron chi connectivity index (χ4n) is 4.50. The van der Waals surface area contributed by atoms with E-state index in [9.17, 15) is 4.79 Å². The van der Waals surface area contributed by atoms with E-state index in [1.54, 1.807) is 0 Å². The second-order valence-electron chi connectivity index (χ2n) is 5.46. The predicted octanol–water partition coefficient (Wildman–Crippen LogP) is 2.38. The summed E-state index contributed by atoms with van der Waals surface area (Å²) in [6, 6.07) is 0. The van der Waals surface area contributed by atoms with Gasteiger partial charge in [0.2, 0.25) is 0 Å². The summed E-state index contributed by atoms with van der Waals surface area (Å²) < 4.78 is 5.22. The van der Waals surface area contributed by atoms with Crippen LogP contribution in [0.2, 0.25) is 0 Å². The standard InChI is InChI=1S/C12H18O2/c1-3-14-10(13)12-6-8-4-5-9(7-12)11(8,12)2/h8-9H,3-7H2,1-2H3. The third-order valence-corrected chi connectivity index (χ3v) is 5.45. The number of esters is 1. The lowest BCUT2D eigenvalue weighted by Crippen LogP contribution is -2.69. The number of carbonyl (C=O) groups is 1. The van der Waals surface area contributed by atoms with Crippen LogP contribution in [0.3, 0.4) is 0 Å². The van der Waals surface area contributed by atoms with Gasteiger partial charge in [-0.25, -0.2) is 0 Å². The summed E-state index contributed by atoms with van der Waals surface area (Å²) in [7, 11) is 0. The molecule has 0 bridgehead atoms. The third-order valence-electron chi connectivity index (χ3n) is 5.45. The molecule has 14 heavy (non-hydrogen) atoms. The van der Waals surface area contributed by atoms with E-state index in [0.717, 1.165) is 24.7 Å². The molecule has 3 rings (SSSR count). The molecular formula is C12H18O2. The van der Waals surface area contributed by atoms with E-state index in [1.807, 2.05) is 6.92 Å². The Morgan fingerprint density at radius 1 is 1.36 bits per heavy atom. The smallest absolute Gasteiger partial charge is 0.312 e. The molecule has 3 saturated carbocycles. The summed E-state index contributed by atoms with van der Waals surface area (Å²) in [6.45, 7) is 4.75. The summed E-state index contributed by atoms with van der Waals surface area (Å²) >= 11 is 0. The van der Waals surface area contributed by atoms with Gasteiger partial charge in [-0.2, -0.15) is 0 Å². The maximum Gasteiger partial charge on any atom is 0.312 e. The van der Waals surface area contributed by atoms with Crippen LogP contribution in [0.5, 0.6) is 0 Å². The molecule has 2 unspecified atom stereocenters. The molecule has 0 amide bonds. The molecule has 2 atom stereocenters.